The minimum Gasteiger partial charge on any atom is -0.465 e. The summed E-state index contributed by atoms with van der Waals surface area (Å²) in [4.78, 5) is 15.0. The number of nitrogens with one attached hydrogen (secondary N) is 1. The lowest BCUT2D eigenvalue weighted by Gasteiger charge is -2.10. The molecule has 0 unspecified atom stereocenters. The van der Waals surface area contributed by atoms with Crippen LogP contribution in [0, 0.1) is 0 Å². The maximum atomic E-state index is 11.9. The Bertz CT molecular complexity index is 435. The zero-order chi connectivity index (χ0) is 13.8. The molecule has 0 aliphatic carbocycles. The number of anilines is 2. The molecule has 0 aliphatic rings. The highest BCUT2D eigenvalue weighted by molar-refractivity contribution is 5.95. The number of pyridine rings is 1. The van der Waals surface area contributed by atoms with E-state index in [2.05, 4.69) is 15.0 Å². The highest BCUT2D eigenvalue weighted by atomic mass is 19.4. The lowest BCUT2D eigenvalue weighted by molar-refractivity contribution is -0.131. The van der Waals surface area contributed by atoms with E-state index in [1.807, 2.05) is 0 Å². The molecule has 0 atom stereocenters. The van der Waals surface area contributed by atoms with Crippen molar-refractivity contribution in [2.75, 3.05) is 24.7 Å². The van der Waals surface area contributed by atoms with Crippen molar-refractivity contribution in [1.29, 1.82) is 0 Å². The largest absolute Gasteiger partial charge is 0.465 e. The van der Waals surface area contributed by atoms with Crippen molar-refractivity contribution < 1.29 is 22.7 Å². The molecule has 0 fully saturated rings. The second-order valence-electron chi connectivity index (χ2n) is 3.44. The highest BCUT2D eigenvalue weighted by Gasteiger charge is 2.26. The SMILES string of the molecule is COC(=O)c1cc(NCCC(F)(F)F)ncc1N. The quantitative estimate of drug-likeness (QED) is 0.810. The van der Waals surface area contributed by atoms with E-state index < -0.39 is 18.6 Å². The number of nitrogens with zero attached hydrogens (tertiary/aromatic N) is 1. The molecule has 1 heterocycles. The molecule has 0 aromatic carbocycles. The molecule has 0 saturated carbocycles. The van der Waals surface area contributed by atoms with Crippen LogP contribution in [-0.4, -0.2) is 30.8 Å². The van der Waals surface area contributed by atoms with Gasteiger partial charge in [-0.1, -0.05) is 0 Å². The molecule has 0 bridgehead atoms. The first-order valence-corrected chi connectivity index (χ1v) is 4.98. The van der Waals surface area contributed by atoms with Gasteiger partial charge in [-0.05, 0) is 6.07 Å². The average molecular weight is 263 g/mol. The minimum absolute atomic E-state index is 0.0574. The minimum atomic E-state index is -4.24. The Balaban J connectivity index is 2.71. The van der Waals surface area contributed by atoms with Gasteiger partial charge in [0.15, 0.2) is 0 Å². The first-order valence-electron chi connectivity index (χ1n) is 4.98. The van der Waals surface area contributed by atoms with Gasteiger partial charge in [0.05, 0.1) is 31.0 Å². The number of esters is 1. The number of halogens is 3. The maximum absolute atomic E-state index is 11.9. The predicted octanol–water partition coefficient (Wildman–Crippen LogP) is 1.81. The molecule has 0 amide bonds. The van der Waals surface area contributed by atoms with Gasteiger partial charge in [-0.3, -0.25) is 0 Å². The topological polar surface area (TPSA) is 77.2 Å². The van der Waals surface area contributed by atoms with Gasteiger partial charge in [-0.25, -0.2) is 9.78 Å². The van der Waals surface area contributed by atoms with Crippen LogP contribution in [0.5, 0.6) is 0 Å². The number of methoxy groups -OCH3 is 1. The monoisotopic (exact) mass is 263 g/mol. The summed E-state index contributed by atoms with van der Waals surface area (Å²) in [6.07, 6.45) is -4.05. The lowest BCUT2D eigenvalue weighted by Crippen LogP contribution is -2.15. The van der Waals surface area contributed by atoms with Gasteiger partial charge in [0.2, 0.25) is 0 Å². The molecule has 1 aromatic heterocycles. The van der Waals surface area contributed by atoms with Crippen molar-refractivity contribution in [3.8, 4) is 0 Å². The molecule has 0 aliphatic heterocycles. The van der Waals surface area contributed by atoms with Crippen LogP contribution in [0.1, 0.15) is 16.8 Å². The van der Waals surface area contributed by atoms with E-state index in [1.165, 1.54) is 19.4 Å². The van der Waals surface area contributed by atoms with Gasteiger partial charge in [0.25, 0.3) is 0 Å². The van der Waals surface area contributed by atoms with Gasteiger partial charge in [0, 0.05) is 6.54 Å². The third-order valence-electron chi connectivity index (χ3n) is 2.05. The van der Waals surface area contributed by atoms with Crippen LogP contribution in [0.4, 0.5) is 24.7 Å². The Morgan fingerprint density at radius 1 is 1.56 bits per heavy atom. The number of carbonyl (C=O) groups is 1. The van der Waals surface area contributed by atoms with E-state index in [9.17, 15) is 18.0 Å². The van der Waals surface area contributed by atoms with Crippen molar-refractivity contribution in [1.82, 2.24) is 4.98 Å². The Labute approximate surface area is 101 Å². The zero-order valence-corrected chi connectivity index (χ0v) is 9.54. The molecule has 1 rings (SSSR count). The molecular weight excluding hydrogens is 251 g/mol. The molecule has 8 heteroatoms. The fourth-order valence-corrected chi connectivity index (χ4v) is 1.18. The van der Waals surface area contributed by atoms with Gasteiger partial charge >= 0.3 is 12.1 Å². The van der Waals surface area contributed by atoms with E-state index >= 15 is 0 Å². The van der Waals surface area contributed by atoms with Crippen molar-refractivity contribution >= 4 is 17.5 Å². The van der Waals surface area contributed by atoms with Crippen LogP contribution in [0.3, 0.4) is 0 Å². The number of hydrogen-bond donors (Lipinski definition) is 2. The van der Waals surface area contributed by atoms with Crippen molar-refractivity contribution in [2.24, 2.45) is 0 Å². The second kappa shape index (κ2) is 5.56. The van der Waals surface area contributed by atoms with Crippen molar-refractivity contribution in [3.63, 3.8) is 0 Å². The molecule has 3 N–H and O–H groups in total. The number of nitrogens with two attached hydrogens (primary N) is 1. The van der Waals surface area contributed by atoms with Gasteiger partial charge in [-0.2, -0.15) is 13.2 Å². The summed E-state index contributed by atoms with van der Waals surface area (Å²) in [5.41, 5.74) is 5.65. The number of ether oxygens (including phenoxy) is 1. The van der Waals surface area contributed by atoms with Crippen LogP contribution >= 0.6 is 0 Å². The number of nitrogen functional groups attached to an aromatic ring is 1. The van der Waals surface area contributed by atoms with E-state index in [1.54, 1.807) is 0 Å². The second-order valence-corrected chi connectivity index (χ2v) is 3.44. The Kier molecular flexibility index (Phi) is 4.35. The van der Waals surface area contributed by atoms with Gasteiger partial charge in [0.1, 0.15) is 5.82 Å². The van der Waals surface area contributed by atoms with Crippen LogP contribution in [-0.2, 0) is 4.74 Å². The van der Waals surface area contributed by atoms with Gasteiger partial charge in [-0.15, -0.1) is 0 Å². The van der Waals surface area contributed by atoms with E-state index in [-0.39, 0.29) is 23.6 Å². The molecule has 18 heavy (non-hydrogen) atoms. The molecule has 5 nitrogen and oxygen atoms in total. The predicted molar refractivity (Wildman–Crippen MR) is 59.2 cm³/mol. The summed E-state index contributed by atoms with van der Waals surface area (Å²) in [6, 6.07) is 1.25. The lowest BCUT2D eigenvalue weighted by atomic mass is 10.2. The smallest absolute Gasteiger partial charge is 0.390 e. The summed E-state index contributed by atoms with van der Waals surface area (Å²) in [5.74, 6) is -0.539. The molecule has 0 radical (unpaired) electrons. The fourth-order valence-electron chi connectivity index (χ4n) is 1.18. The Morgan fingerprint density at radius 3 is 2.78 bits per heavy atom. The van der Waals surface area contributed by atoms with Crippen LogP contribution < -0.4 is 11.1 Å². The maximum Gasteiger partial charge on any atom is 0.390 e. The van der Waals surface area contributed by atoms with Crippen LogP contribution in [0.2, 0.25) is 0 Å². The van der Waals surface area contributed by atoms with E-state index in [0.29, 0.717) is 0 Å². The van der Waals surface area contributed by atoms with Crippen molar-refractivity contribution in [2.45, 2.75) is 12.6 Å². The number of aromatic nitrogens is 1. The van der Waals surface area contributed by atoms with E-state index in [4.69, 9.17) is 5.73 Å². The molecular formula is C10H12F3N3O2. The third-order valence-corrected chi connectivity index (χ3v) is 2.05. The summed E-state index contributed by atoms with van der Waals surface area (Å²) in [7, 11) is 1.18. The Hall–Kier alpha value is -1.99. The highest BCUT2D eigenvalue weighted by Crippen LogP contribution is 2.20. The Morgan fingerprint density at radius 2 is 2.22 bits per heavy atom. The standard InChI is InChI=1S/C10H12F3N3O2/c1-18-9(17)6-4-8(16-5-7(6)14)15-3-2-10(11,12)13/h4-5H,2-3,14H2,1H3,(H,15,16). The normalized spacial score (nSPS) is 11.1. The van der Waals surface area contributed by atoms with Crippen LogP contribution in [0.25, 0.3) is 0 Å². The first-order chi connectivity index (χ1) is 8.33. The molecule has 0 spiro atoms. The van der Waals surface area contributed by atoms with Gasteiger partial charge < -0.3 is 15.8 Å². The van der Waals surface area contributed by atoms with Crippen LogP contribution in [0.15, 0.2) is 12.3 Å². The zero-order valence-electron chi connectivity index (χ0n) is 9.54. The summed E-state index contributed by atoms with van der Waals surface area (Å²) < 4.78 is 40.3. The third kappa shape index (κ3) is 4.11. The summed E-state index contributed by atoms with van der Waals surface area (Å²) in [6.45, 7) is -0.332. The molecule has 1 aromatic rings. The number of rotatable bonds is 4. The number of alkyl halides is 3. The average Bonchev–Trinajstić information content (AvgIpc) is 2.28. The molecule has 0 saturated heterocycles. The summed E-state index contributed by atoms with van der Waals surface area (Å²) >= 11 is 0. The first kappa shape index (κ1) is 14.1. The summed E-state index contributed by atoms with van der Waals surface area (Å²) in [5, 5.41) is 2.45. The fraction of sp³-hybridized carbons (Fsp3) is 0.400. The number of carbonyl (C=O) groups excluding carboxylic acids is 1. The number of hydrogen-bond acceptors (Lipinski definition) is 5. The van der Waals surface area contributed by atoms with Crippen molar-refractivity contribution in [3.05, 3.63) is 17.8 Å². The van der Waals surface area contributed by atoms with E-state index in [0.717, 1.165) is 0 Å². The molecule has 100 valence electrons.